The molecule has 2 aromatic heterocycles. The molecule has 7 nitrogen and oxygen atoms in total. The van der Waals surface area contributed by atoms with Crippen molar-refractivity contribution in [3.05, 3.63) is 41.5 Å². The first kappa shape index (κ1) is 17.9. The fraction of sp³-hybridized carbons (Fsp3) is 0.421. The largest absolute Gasteiger partial charge is 0.450 e. The van der Waals surface area contributed by atoms with Gasteiger partial charge in [0.15, 0.2) is 0 Å². The van der Waals surface area contributed by atoms with Crippen molar-refractivity contribution in [2.75, 3.05) is 37.7 Å². The molecular weight excluding hydrogens is 366 g/mol. The Morgan fingerprint density at radius 1 is 1.30 bits per heavy atom. The van der Waals surface area contributed by atoms with Gasteiger partial charge in [-0.2, -0.15) is 5.10 Å². The molecule has 27 heavy (non-hydrogen) atoms. The Hall–Kier alpha value is -2.54. The third kappa shape index (κ3) is 3.27. The van der Waals surface area contributed by atoms with Crippen molar-refractivity contribution >= 4 is 34.0 Å². The quantitative estimate of drug-likeness (QED) is 0.810. The summed E-state index contributed by atoms with van der Waals surface area (Å²) in [6.07, 6.45) is 6.11. The maximum Gasteiger partial charge on any atom is 0.409 e. The lowest BCUT2D eigenvalue weighted by atomic mass is 10.1. The van der Waals surface area contributed by atoms with Crippen molar-refractivity contribution in [2.24, 2.45) is 7.05 Å². The number of aryl methyl sites for hydroxylation is 1. The molecule has 142 valence electrons. The van der Waals surface area contributed by atoms with Gasteiger partial charge in [0.1, 0.15) is 0 Å². The summed E-state index contributed by atoms with van der Waals surface area (Å²) in [5, 5.41) is 5.00. The molecule has 0 aromatic carbocycles. The Morgan fingerprint density at radius 2 is 2.07 bits per heavy atom. The Labute approximate surface area is 163 Å². The van der Waals surface area contributed by atoms with Crippen LogP contribution in [-0.2, 0) is 18.2 Å². The van der Waals surface area contributed by atoms with Crippen LogP contribution >= 0.6 is 11.6 Å². The van der Waals surface area contributed by atoms with Crippen LogP contribution in [0.1, 0.15) is 23.7 Å². The highest BCUT2D eigenvalue weighted by Gasteiger charge is 2.30. The van der Waals surface area contributed by atoms with E-state index in [1.807, 2.05) is 38.6 Å². The minimum atomic E-state index is -0.242. The average molecular weight is 388 g/mol. The summed E-state index contributed by atoms with van der Waals surface area (Å²) in [5.41, 5.74) is 5.16. The molecule has 0 bridgehead atoms. The van der Waals surface area contributed by atoms with E-state index in [2.05, 4.69) is 15.0 Å². The first-order chi connectivity index (χ1) is 13.1. The van der Waals surface area contributed by atoms with Gasteiger partial charge in [-0.05, 0) is 18.6 Å². The molecule has 3 heterocycles. The minimum absolute atomic E-state index is 0.242. The van der Waals surface area contributed by atoms with E-state index >= 15 is 0 Å². The van der Waals surface area contributed by atoms with E-state index in [9.17, 15) is 4.79 Å². The van der Waals surface area contributed by atoms with Crippen molar-refractivity contribution in [1.29, 1.82) is 0 Å². The second kappa shape index (κ2) is 7.23. The van der Waals surface area contributed by atoms with E-state index in [1.165, 1.54) is 0 Å². The van der Waals surface area contributed by atoms with Gasteiger partial charge in [0.25, 0.3) is 0 Å². The zero-order valence-electron chi connectivity index (χ0n) is 15.5. The molecule has 0 atom stereocenters. The van der Waals surface area contributed by atoms with Crippen LogP contribution in [-0.4, -0.2) is 58.5 Å². The number of ether oxygens (including phenoxy) is 1. The van der Waals surface area contributed by atoms with Crippen LogP contribution in [0.25, 0.3) is 10.6 Å². The average Bonchev–Trinajstić information content (AvgIpc) is 3.25. The molecule has 0 saturated carbocycles. The van der Waals surface area contributed by atoms with E-state index < -0.39 is 0 Å². The third-order valence-electron chi connectivity index (χ3n) is 5.04. The Morgan fingerprint density at radius 3 is 2.74 bits per heavy atom. The van der Waals surface area contributed by atoms with Crippen LogP contribution in [0.3, 0.4) is 0 Å². The van der Waals surface area contributed by atoms with E-state index in [1.54, 1.807) is 9.58 Å². The van der Waals surface area contributed by atoms with Crippen LogP contribution in [0.4, 0.5) is 10.5 Å². The zero-order chi connectivity index (χ0) is 19.0. The molecule has 1 fully saturated rings. The van der Waals surface area contributed by atoms with Crippen molar-refractivity contribution in [3.8, 4) is 0 Å². The summed E-state index contributed by atoms with van der Waals surface area (Å²) in [4.78, 5) is 20.5. The van der Waals surface area contributed by atoms with Gasteiger partial charge in [-0.25, -0.2) is 4.79 Å². The number of fused-ring (bicyclic) bond motifs is 1. The molecule has 2 aromatic rings. The summed E-state index contributed by atoms with van der Waals surface area (Å²) in [7, 11) is 1.90. The zero-order valence-corrected chi connectivity index (χ0v) is 16.2. The number of rotatable bonds is 3. The number of carbonyl (C=O) groups is 1. The lowest BCUT2D eigenvalue weighted by molar-refractivity contribution is 0.105. The molecule has 2 aliphatic rings. The fourth-order valence-corrected chi connectivity index (χ4v) is 4.06. The Balaban J connectivity index is 1.58. The lowest BCUT2D eigenvalue weighted by Crippen LogP contribution is -2.49. The highest BCUT2D eigenvalue weighted by molar-refractivity contribution is 6.54. The summed E-state index contributed by atoms with van der Waals surface area (Å²) in [5.74, 6) is 0. The predicted octanol–water partition coefficient (Wildman–Crippen LogP) is 2.76. The molecule has 1 saturated heterocycles. The number of allylic oxidation sites excluding steroid dienone is 1. The minimum Gasteiger partial charge on any atom is -0.450 e. The lowest BCUT2D eigenvalue weighted by Gasteiger charge is -2.36. The van der Waals surface area contributed by atoms with Crippen LogP contribution < -0.4 is 4.90 Å². The molecule has 1 aliphatic carbocycles. The van der Waals surface area contributed by atoms with Crippen molar-refractivity contribution in [1.82, 2.24) is 19.7 Å². The standard InChI is InChI=1S/C19H22ClN5O2/c1-3-27-19(26)25-8-6-24(7-9-25)16-4-5-21-15-10-14(18(20)17(15)16)13-11-22-23(2)12-13/h4-5,11-12H,3,6-10H2,1-2H3. The van der Waals surface area contributed by atoms with Gasteiger partial charge in [-0.3, -0.25) is 9.67 Å². The highest BCUT2D eigenvalue weighted by Crippen LogP contribution is 2.44. The molecule has 0 unspecified atom stereocenters. The summed E-state index contributed by atoms with van der Waals surface area (Å²) >= 11 is 6.79. The van der Waals surface area contributed by atoms with E-state index in [-0.39, 0.29) is 6.09 Å². The van der Waals surface area contributed by atoms with Gasteiger partial charge >= 0.3 is 6.09 Å². The SMILES string of the molecule is CCOC(=O)N1CCN(c2ccnc3c2C(Cl)=C(c2cnn(C)c2)C3)CC1. The molecule has 8 heteroatoms. The maximum absolute atomic E-state index is 11.9. The molecule has 1 aliphatic heterocycles. The van der Waals surface area contributed by atoms with Gasteiger partial charge in [0.2, 0.25) is 0 Å². The van der Waals surface area contributed by atoms with Gasteiger partial charge in [0, 0.05) is 68.9 Å². The number of hydrogen-bond acceptors (Lipinski definition) is 5. The number of halogens is 1. The number of carbonyl (C=O) groups excluding carboxylic acids is 1. The smallest absolute Gasteiger partial charge is 0.409 e. The van der Waals surface area contributed by atoms with Crippen LogP contribution in [0, 0.1) is 0 Å². The van der Waals surface area contributed by atoms with Crippen molar-refractivity contribution in [2.45, 2.75) is 13.3 Å². The monoisotopic (exact) mass is 387 g/mol. The fourth-order valence-electron chi connectivity index (χ4n) is 3.68. The normalized spacial score (nSPS) is 16.7. The molecule has 0 N–H and O–H groups in total. The third-order valence-corrected chi connectivity index (χ3v) is 5.45. The topological polar surface area (TPSA) is 63.5 Å². The summed E-state index contributed by atoms with van der Waals surface area (Å²) in [6.45, 7) is 4.96. The predicted molar refractivity (Wildman–Crippen MR) is 105 cm³/mol. The first-order valence-corrected chi connectivity index (χ1v) is 9.48. The number of hydrogen-bond donors (Lipinski definition) is 0. The number of aromatic nitrogens is 3. The van der Waals surface area contributed by atoms with Gasteiger partial charge in [0.05, 0.1) is 23.5 Å². The Kier molecular flexibility index (Phi) is 4.78. The van der Waals surface area contributed by atoms with Crippen molar-refractivity contribution in [3.63, 3.8) is 0 Å². The molecule has 4 rings (SSSR count). The maximum atomic E-state index is 11.9. The second-order valence-electron chi connectivity index (χ2n) is 6.70. The van der Waals surface area contributed by atoms with Crippen LogP contribution in [0.2, 0.25) is 0 Å². The molecule has 1 amide bonds. The number of pyridine rings is 1. The van der Waals surface area contributed by atoms with Crippen LogP contribution in [0.15, 0.2) is 24.7 Å². The van der Waals surface area contributed by atoms with Gasteiger partial charge in [-0.15, -0.1) is 0 Å². The van der Waals surface area contributed by atoms with E-state index in [0.717, 1.165) is 46.2 Å². The number of piperazine rings is 1. The van der Waals surface area contributed by atoms with Gasteiger partial charge < -0.3 is 14.5 Å². The first-order valence-electron chi connectivity index (χ1n) is 9.11. The number of nitrogens with zero attached hydrogens (tertiary/aromatic N) is 5. The molecule has 0 radical (unpaired) electrons. The summed E-state index contributed by atoms with van der Waals surface area (Å²) in [6, 6.07) is 2.01. The number of amides is 1. The molecular formula is C19H22ClN5O2. The van der Waals surface area contributed by atoms with E-state index in [4.69, 9.17) is 16.3 Å². The Bertz CT molecular complexity index is 899. The second-order valence-corrected chi connectivity index (χ2v) is 7.07. The molecule has 0 spiro atoms. The summed E-state index contributed by atoms with van der Waals surface area (Å²) < 4.78 is 6.88. The highest BCUT2D eigenvalue weighted by atomic mass is 35.5. The number of anilines is 1. The van der Waals surface area contributed by atoms with Crippen molar-refractivity contribution < 1.29 is 9.53 Å². The van der Waals surface area contributed by atoms with Gasteiger partial charge in [-0.1, -0.05) is 11.6 Å². The van der Waals surface area contributed by atoms with E-state index in [0.29, 0.717) is 26.1 Å². The van der Waals surface area contributed by atoms with Crippen LogP contribution in [0.5, 0.6) is 0 Å².